The highest BCUT2D eigenvalue weighted by molar-refractivity contribution is 5.90. The Morgan fingerprint density at radius 3 is 2.79 bits per heavy atom. The lowest BCUT2D eigenvalue weighted by molar-refractivity contribution is -0.144. The van der Waals surface area contributed by atoms with Gasteiger partial charge in [-0.2, -0.15) is 0 Å². The van der Waals surface area contributed by atoms with Crippen molar-refractivity contribution in [3.05, 3.63) is 23.8 Å². The van der Waals surface area contributed by atoms with Crippen LogP contribution in [-0.4, -0.2) is 43.2 Å². The molecule has 24 heavy (non-hydrogen) atoms. The van der Waals surface area contributed by atoms with Crippen LogP contribution >= 0.6 is 0 Å². The van der Waals surface area contributed by atoms with Gasteiger partial charge in [0.1, 0.15) is 5.75 Å². The Morgan fingerprint density at radius 2 is 2.12 bits per heavy atom. The van der Waals surface area contributed by atoms with Crippen LogP contribution in [0.3, 0.4) is 0 Å². The summed E-state index contributed by atoms with van der Waals surface area (Å²) in [6, 6.07) is 5.25. The lowest BCUT2D eigenvalue weighted by Crippen LogP contribution is -2.47. The van der Waals surface area contributed by atoms with E-state index in [1.54, 1.807) is 18.9 Å². The van der Waals surface area contributed by atoms with Crippen molar-refractivity contribution in [3.63, 3.8) is 0 Å². The standard InChI is InChI=1S/C18H26N2O4/c1-4-24-17(21)12-14-7-5-6-10-20(14)18(22)19-16-9-8-15(23-3)11-13(16)2/h8-9,11,14H,4-7,10,12H2,1-3H3,(H,19,22)/t14-/m1/s1. The van der Waals surface area contributed by atoms with E-state index in [1.807, 2.05) is 25.1 Å². The summed E-state index contributed by atoms with van der Waals surface area (Å²) in [6.45, 7) is 4.73. The molecule has 0 unspecified atom stereocenters. The van der Waals surface area contributed by atoms with E-state index in [2.05, 4.69) is 5.32 Å². The molecule has 2 amide bonds. The predicted molar refractivity (Wildman–Crippen MR) is 92.3 cm³/mol. The lowest BCUT2D eigenvalue weighted by Gasteiger charge is -2.35. The number of nitrogens with zero attached hydrogens (tertiary/aromatic N) is 1. The number of aryl methyl sites for hydroxylation is 1. The summed E-state index contributed by atoms with van der Waals surface area (Å²) in [5.41, 5.74) is 1.68. The average Bonchev–Trinajstić information content (AvgIpc) is 2.57. The zero-order valence-electron chi connectivity index (χ0n) is 14.6. The van der Waals surface area contributed by atoms with Crippen molar-refractivity contribution in [3.8, 4) is 5.75 Å². The van der Waals surface area contributed by atoms with Crippen molar-refractivity contribution in [1.29, 1.82) is 0 Å². The highest BCUT2D eigenvalue weighted by atomic mass is 16.5. The number of urea groups is 1. The first-order valence-electron chi connectivity index (χ1n) is 8.43. The van der Waals surface area contributed by atoms with Crippen LogP contribution in [0.15, 0.2) is 18.2 Å². The van der Waals surface area contributed by atoms with E-state index in [0.717, 1.165) is 36.3 Å². The van der Waals surface area contributed by atoms with Gasteiger partial charge in [0.2, 0.25) is 0 Å². The second kappa shape index (κ2) is 8.57. The van der Waals surface area contributed by atoms with Crippen molar-refractivity contribution in [1.82, 2.24) is 4.90 Å². The molecule has 0 radical (unpaired) electrons. The Morgan fingerprint density at radius 1 is 1.33 bits per heavy atom. The van der Waals surface area contributed by atoms with Gasteiger partial charge in [-0.05, 0) is 56.9 Å². The quantitative estimate of drug-likeness (QED) is 0.839. The zero-order valence-corrected chi connectivity index (χ0v) is 14.6. The van der Waals surface area contributed by atoms with Crippen LogP contribution in [0.25, 0.3) is 0 Å². The molecule has 1 N–H and O–H groups in total. The second-order valence-electron chi connectivity index (χ2n) is 5.96. The molecule has 1 atom stereocenters. The number of hydrogen-bond donors (Lipinski definition) is 1. The van der Waals surface area contributed by atoms with Crippen LogP contribution < -0.4 is 10.1 Å². The number of esters is 1. The number of ether oxygens (including phenoxy) is 2. The number of amides is 2. The maximum atomic E-state index is 12.7. The van der Waals surface area contributed by atoms with Crippen molar-refractivity contribution in [2.24, 2.45) is 0 Å². The molecule has 1 aliphatic rings. The normalized spacial score (nSPS) is 17.3. The minimum absolute atomic E-state index is 0.101. The first kappa shape index (κ1) is 18.1. The minimum atomic E-state index is -0.247. The van der Waals surface area contributed by atoms with Gasteiger partial charge in [-0.1, -0.05) is 0 Å². The van der Waals surface area contributed by atoms with Gasteiger partial charge in [0.25, 0.3) is 0 Å². The fraction of sp³-hybridized carbons (Fsp3) is 0.556. The molecule has 1 fully saturated rings. The van der Waals surface area contributed by atoms with E-state index in [-0.39, 0.29) is 24.5 Å². The molecule has 0 saturated carbocycles. The highest BCUT2D eigenvalue weighted by Crippen LogP contribution is 2.24. The van der Waals surface area contributed by atoms with Gasteiger partial charge < -0.3 is 19.7 Å². The third-order valence-corrected chi connectivity index (χ3v) is 4.27. The Kier molecular flexibility index (Phi) is 6.46. The van der Waals surface area contributed by atoms with Gasteiger partial charge in [0.05, 0.1) is 20.1 Å². The number of carbonyl (C=O) groups excluding carboxylic acids is 2. The molecule has 0 aliphatic carbocycles. The van der Waals surface area contributed by atoms with Crippen molar-refractivity contribution in [2.75, 3.05) is 25.6 Å². The van der Waals surface area contributed by atoms with Crippen LogP contribution in [0.1, 0.15) is 38.2 Å². The average molecular weight is 334 g/mol. The number of likely N-dealkylation sites (tertiary alicyclic amines) is 1. The number of piperidine rings is 1. The summed E-state index contributed by atoms with van der Waals surface area (Å²) in [5.74, 6) is 0.506. The summed E-state index contributed by atoms with van der Waals surface area (Å²) in [4.78, 5) is 26.2. The molecular weight excluding hydrogens is 308 g/mol. The topological polar surface area (TPSA) is 67.9 Å². The number of methoxy groups -OCH3 is 1. The van der Waals surface area contributed by atoms with Crippen LogP contribution in [-0.2, 0) is 9.53 Å². The van der Waals surface area contributed by atoms with Gasteiger partial charge in [-0.15, -0.1) is 0 Å². The van der Waals surface area contributed by atoms with Gasteiger partial charge in [0.15, 0.2) is 0 Å². The van der Waals surface area contributed by atoms with E-state index in [1.165, 1.54) is 0 Å². The third kappa shape index (κ3) is 4.63. The zero-order chi connectivity index (χ0) is 17.5. The molecule has 1 heterocycles. The number of benzene rings is 1. The molecule has 0 bridgehead atoms. The monoisotopic (exact) mass is 334 g/mol. The molecule has 1 aromatic rings. The van der Waals surface area contributed by atoms with Gasteiger partial charge >= 0.3 is 12.0 Å². The molecule has 132 valence electrons. The van der Waals surface area contributed by atoms with Crippen LogP contribution in [0.2, 0.25) is 0 Å². The summed E-state index contributed by atoms with van der Waals surface area (Å²) in [5, 5.41) is 2.95. The Hall–Kier alpha value is -2.24. The SMILES string of the molecule is CCOC(=O)C[C@H]1CCCCN1C(=O)Nc1ccc(OC)cc1C. The molecule has 0 spiro atoms. The number of nitrogens with one attached hydrogen (secondary N) is 1. The number of anilines is 1. The molecule has 6 nitrogen and oxygen atoms in total. The van der Waals surface area contributed by atoms with Crippen LogP contribution in [0.5, 0.6) is 5.75 Å². The summed E-state index contributed by atoms with van der Waals surface area (Å²) >= 11 is 0. The smallest absolute Gasteiger partial charge is 0.322 e. The largest absolute Gasteiger partial charge is 0.497 e. The molecule has 1 saturated heterocycles. The first-order chi connectivity index (χ1) is 11.5. The van der Waals surface area contributed by atoms with Gasteiger partial charge in [-0.3, -0.25) is 4.79 Å². The van der Waals surface area contributed by atoms with Crippen molar-refractivity contribution in [2.45, 2.75) is 45.6 Å². The highest BCUT2D eigenvalue weighted by Gasteiger charge is 2.29. The second-order valence-corrected chi connectivity index (χ2v) is 5.96. The Balaban J connectivity index is 2.04. The molecule has 6 heteroatoms. The number of carbonyl (C=O) groups is 2. The molecular formula is C18H26N2O4. The molecule has 1 aromatic carbocycles. The molecule has 1 aliphatic heterocycles. The van der Waals surface area contributed by atoms with Crippen molar-refractivity contribution < 1.29 is 19.1 Å². The number of hydrogen-bond acceptors (Lipinski definition) is 4. The van der Waals surface area contributed by atoms with Gasteiger partial charge in [-0.25, -0.2) is 4.79 Å². The minimum Gasteiger partial charge on any atom is -0.497 e. The summed E-state index contributed by atoms with van der Waals surface area (Å²) in [6.07, 6.45) is 3.06. The van der Waals surface area contributed by atoms with Gasteiger partial charge in [0, 0.05) is 18.3 Å². The predicted octanol–water partition coefficient (Wildman–Crippen LogP) is 3.34. The summed E-state index contributed by atoms with van der Waals surface area (Å²) < 4.78 is 10.2. The van der Waals surface area contributed by atoms with E-state index in [9.17, 15) is 9.59 Å². The van der Waals surface area contributed by atoms with E-state index >= 15 is 0 Å². The molecule has 0 aromatic heterocycles. The fourth-order valence-corrected chi connectivity index (χ4v) is 2.98. The summed E-state index contributed by atoms with van der Waals surface area (Å²) in [7, 11) is 1.61. The maximum Gasteiger partial charge on any atom is 0.322 e. The van der Waals surface area contributed by atoms with Crippen LogP contribution in [0, 0.1) is 6.92 Å². The number of rotatable bonds is 5. The third-order valence-electron chi connectivity index (χ3n) is 4.27. The first-order valence-corrected chi connectivity index (χ1v) is 8.43. The lowest BCUT2D eigenvalue weighted by atomic mass is 10.00. The van der Waals surface area contributed by atoms with Crippen molar-refractivity contribution >= 4 is 17.7 Å². The van der Waals surface area contributed by atoms with E-state index in [4.69, 9.17) is 9.47 Å². The molecule has 2 rings (SSSR count). The fourth-order valence-electron chi connectivity index (χ4n) is 2.98. The van der Waals surface area contributed by atoms with E-state index < -0.39 is 0 Å². The van der Waals surface area contributed by atoms with E-state index in [0.29, 0.717) is 13.2 Å². The van der Waals surface area contributed by atoms with Crippen LogP contribution in [0.4, 0.5) is 10.5 Å². The Labute approximate surface area is 143 Å². The maximum absolute atomic E-state index is 12.7. The Bertz CT molecular complexity index is 588.